The monoisotopic (exact) mass is 464 g/mol. The van der Waals surface area contributed by atoms with Crippen LogP contribution in [0, 0.1) is 0 Å². The van der Waals surface area contributed by atoms with Gasteiger partial charge in [-0.2, -0.15) is 0 Å². The highest BCUT2D eigenvalue weighted by atomic mass is 32.2. The summed E-state index contributed by atoms with van der Waals surface area (Å²) in [6, 6.07) is 9.98. The molecule has 1 aromatic carbocycles. The van der Waals surface area contributed by atoms with Crippen LogP contribution < -0.4 is 10.6 Å². The van der Waals surface area contributed by atoms with Crippen molar-refractivity contribution in [3.8, 4) is 0 Å². The first-order chi connectivity index (χ1) is 14.3. The van der Waals surface area contributed by atoms with Crippen LogP contribution in [0.5, 0.6) is 0 Å². The smallest absolute Gasteiger partial charge is 0.244 e. The number of benzene rings is 1. The van der Waals surface area contributed by atoms with Crippen LogP contribution in [0.4, 0.5) is 10.8 Å². The van der Waals surface area contributed by atoms with Gasteiger partial charge in [0.2, 0.25) is 21.8 Å². The lowest BCUT2D eigenvalue weighted by molar-refractivity contribution is -0.116. The summed E-state index contributed by atoms with van der Waals surface area (Å²) in [7, 11) is -0.843. The number of thiophene rings is 1. The molecule has 0 aliphatic rings. The van der Waals surface area contributed by atoms with Gasteiger partial charge in [-0.15, -0.1) is 22.7 Å². The highest BCUT2D eigenvalue weighted by Gasteiger charge is 2.22. The highest BCUT2D eigenvalue weighted by molar-refractivity contribution is 7.89. The van der Waals surface area contributed by atoms with E-state index >= 15 is 0 Å². The molecule has 0 atom stereocenters. The number of rotatable bonds is 8. The van der Waals surface area contributed by atoms with Gasteiger partial charge in [-0.3, -0.25) is 9.59 Å². The summed E-state index contributed by atoms with van der Waals surface area (Å²) in [4.78, 5) is 29.7. The van der Waals surface area contributed by atoms with E-state index in [1.807, 2.05) is 17.5 Å². The molecular formula is C19H20N4O4S3. The van der Waals surface area contributed by atoms with Gasteiger partial charge >= 0.3 is 0 Å². The summed E-state index contributed by atoms with van der Waals surface area (Å²) in [6.07, 6.45) is 0.220. The standard InChI is InChI=1S/C19H20N4O4S3/c1-23(2)30(26,27)16-8-4-3-7-15(16)21-17(24)10-13-12-29-19(20-13)22-18(25)11-14-6-5-9-28-14/h3-9,12H,10-11H2,1-2H3,(H,21,24)(H,20,22,25). The molecule has 8 nitrogen and oxygen atoms in total. The molecule has 0 aliphatic heterocycles. The maximum absolute atomic E-state index is 12.4. The molecule has 158 valence electrons. The van der Waals surface area contributed by atoms with E-state index in [0.29, 0.717) is 10.8 Å². The lowest BCUT2D eigenvalue weighted by Crippen LogP contribution is -2.24. The minimum absolute atomic E-state index is 0.0168. The predicted octanol–water partition coefficient (Wildman–Crippen LogP) is 2.82. The van der Waals surface area contributed by atoms with E-state index in [1.54, 1.807) is 17.5 Å². The lowest BCUT2D eigenvalue weighted by Gasteiger charge is -2.15. The maximum atomic E-state index is 12.4. The Morgan fingerprint density at radius 1 is 1.00 bits per heavy atom. The van der Waals surface area contributed by atoms with Crippen molar-refractivity contribution in [2.24, 2.45) is 0 Å². The Kier molecular flexibility index (Phi) is 6.98. The number of nitrogens with zero attached hydrogens (tertiary/aromatic N) is 2. The second-order valence-corrected chi connectivity index (χ2v) is 10.5. The number of amides is 2. The third-order valence-corrected chi connectivity index (χ3v) is 7.53. The van der Waals surface area contributed by atoms with Gasteiger partial charge < -0.3 is 10.6 Å². The zero-order chi connectivity index (χ0) is 21.7. The molecule has 0 radical (unpaired) electrons. The van der Waals surface area contributed by atoms with Gasteiger partial charge in [0.05, 0.1) is 24.2 Å². The molecule has 0 bridgehead atoms. The Balaban J connectivity index is 1.62. The maximum Gasteiger partial charge on any atom is 0.244 e. The van der Waals surface area contributed by atoms with E-state index in [1.165, 1.54) is 48.9 Å². The second-order valence-electron chi connectivity index (χ2n) is 6.46. The topological polar surface area (TPSA) is 108 Å². The molecule has 0 spiro atoms. The molecule has 2 heterocycles. The quantitative estimate of drug-likeness (QED) is 0.533. The second kappa shape index (κ2) is 9.47. The lowest BCUT2D eigenvalue weighted by atomic mass is 10.3. The van der Waals surface area contributed by atoms with E-state index in [9.17, 15) is 18.0 Å². The van der Waals surface area contributed by atoms with E-state index in [0.717, 1.165) is 9.18 Å². The molecule has 3 rings (SSSR count). The molecule has 11 heteroatoms. The summed E-state index contributed by atoms with van der Waals surface area (Å²) in [5, 5.41) is 9.36. The summed E-state index contributed by atoms with van der Waals surface area (Å²) in [5.41, 5.74) is 0.688. The largest absolute Gasteiger partial charge is 0.325 e. The molecule has 30 heavy (non-hydrogen) atoms. The van der Waals surface area contributed by atoms with Gasteiger partial charge in [-0.05, 0) is 23.6 Å². The van der Waals surface area contributed by atoms with Crippen molar-refractivity contribution in [1.82, 2.24) is 9.29 Å². The van der Waals surface area contributed by atoms with Crippen molar-refractivity contribution in [1.29, 1.82) is 0 Å². The van der Waals surface area contributed by atoms with Crippen molar-refractivity contribution in [3.63, 3.8) is 0 Å². The summed E-state index contributed by atoms with van der Waals surface area (Å²) >= 11 is 2.73. The Hall–Kier alpha value is -2.60. The average molecular weight is 465 g/mol. The van der Waals surface area contributed by atoms with Crippen molar-refractivity contribution in [3.05, 3.63) is 57.7 Å². The summed E-state index contributed by atoms with van der Waals surface area (Å²) in [6.45, 7) is 0. The summed E-state index contributed by atoms with van der Waals surface area (Å²) in [5.74, 6) is -0.580. The Morgan fingerprint density at radius 3 is 2.43 bits per heavy atom. The number of hydrogen-bond acceptors (Lipinski definition) is 7. The normalized spacial score (nSPS) is 11.4. The van der Waals surface area contributed by atoms with Crippen LogP contribution >= 0.6 is 22.7 Å². The minimum Gasteiger partial charge on any atom is -0.325 e. The van der Waals surface area contributed by atoms with Gasteiger partial charge in [0, 0.05) is 24.4 Å². The predicted molar refractivity (Wildman–Crippen MR) is 118 cm³/mol. The Labute approximate surface area is 182 Å². The molecular weight excluding hydrogens is 444 g/mol. The fraction of sp³-hybridized carbons (Fsp3) is 0.211. The summed E-state index contributed by atoms with van der Waals surface area (Å²) < 4.78 is 26.0. The van der Waals surface area contributed by atoms with Crippen molar-refractivity contribution in [2.75, 3.05) is 24.7 Å². The van der Waals surface area contributed by atoms with Crippen LogP contribution in [0.1, 0.15) is 10.6 Å². The van der Waals surface area contributed by atoms with Gasteiger partial charge in [0.15, 0.2) is 5.13 Å². The van der Waals surface area contributed by atoms with Crippen molar-refractivity contribution < 1.29 is 18.0 Å². The van der Waals surface area contributed by atoms with Crippen molar-refractivity contribution >= 4 is 55.3 Å². The number of sulfonamides is 1. The first-order valence-electron chi connectivity index (χ1n) is 8.84. The van der Waals surface area contributed by atoms with Crippen LogP contribution in [-0.2, 0) is 32.5 Å². The number of carbonyl (C=O) groups is 2. The number of aromatic nitrogens is 1. The molecule has 0 aliphatic carbocycles. The Morgan fingerprint density at radius 2 is 1.73 bits per heavy atom. The molecule has 0 fully saturated rings. The number of nitrogens with one attached hydrogen (secondary N) is 2. The molecule has 0 saturated carbocycles. The number of thiazole rings is 1. The number of para-hydroxylation sites is 1. The van der Waals surface area contributed by atoms with Crippen molar-refractivity contribution in [2.45, 2.75) is 17.7 Å². The fourth-order valence-corrected chi connectivity index (χ4v) is 5.00. The van der Waals surface area contributed by atoms with Crippen LogP contribution in [0.15, 0.2) is 52.1 Å². The number of carbonyl (C=O) groups excluding carboxylic acids is 2. The SMILES string of the molecule is CN(C)S(=O)(=O)c1ccccc1NC(=O)Cc1csc(NC(=O)Cc2cccs2)n1. The van der Waals surface area contributed by atoms with E-state index < -0.39 is 15.9 Å². The van der Waals surface area contributed by atoms with Crippen LogP contribution in [0.3, 0.4) is 0 Å². The van der Waals surface area contributed by atoms with E-state index in [-0.39, 0.29) is 29.3 Å². The third kappa shape index (κ3) is 5.51. The fourth-order valence-electron chi connectivity index (χ4n) is 2.53. The van der Waals surface area contributed by atoms with Crippen LogP contribution in [0.2, 0.25) is 0 Å². The zero-order valence-corrected chi connectivity index (χ0v) is 18.7. The van der Waals surface area contributed by atoms with Crippen LogP contribution in [-0.4, -0.2) is 43.6 Å². The van der Waals surface area contributed by atoms with Gasteiger partial charge in [0.1, 0.15) is 4.90 Å². The Bertz CT molecular complexity index is 1140. The zero-order valence-electron chi connectivity index (χ0n) is 16.3. The number of hydrogen-bond donors (Lipinski definition) is 2. The molecule has 2 amide bonds. The molecule has 2 N–H and O–H groups in total. The van der Waals surface area contributed by atoms with E-state index in [2.05, 4.69) is 15.6 Å². The van der Waals surface area contributed by atoms with Crippen LogP contribution in [0.25, 0.3) is 0 Å². The molecule has 3 aromatic rings. The first kappa shape index (κ1) is 22.1. The molecule has 0 saturated heterocycles. The minimum atomic E-state index is -3.70. The average Bonchev–Trinajstić information content (AvgIpc) is 3.34. The van der Waals surface area contributed by atoms with Gasteiger partial charge in [-0.1, -0.05) is 18.2 Å². The number of anilines is 2. The molecule has 0 unspecified atom stereocenters. The first-order valence-corrected chi connectivity index (χ1v) is 12.0. The van der Waals surface area contributed by atoms with Gasteiger partial charge in [0.25, 0.3) is 0 Å². The van der Waals surface area contributed by atoms with Gasteiger partial charge in [-0.25, -0.2) is 17.7 Å². The molecule has 2 aromatic heterocycles. The highest BCUT2D eigenvalue weighted by Crippen LogP contribution is 2.24. The third-order valence-electron chi connectivity index (χ3n) is 3.97. The van der Waals surface area contributed by atoms with E-state index in [4.69, 9.17) is 0 Å².